The predicted octanol–water partition coefficient (Wildman–Crippen LogP) is 1.62. The van der Waals surface area contributed by atoms with Gasteiger partial charge in [-0.15, -0.1) is 0 Å². The Balaban J connectivity index is 2.03. The van der Waals surface area contributed by atoms with Crippen LogP contribution in [0, 0.1) is 0 Å². The smallest absolute Gasteiger partial charge is 0.132 e. The molecule has 0 saturated carbocycles. The van der Waals surface area contributed by atoms with Crippen LogP contribution in [0.5, 0.6) is 0 Å². The van der Waals surface area contributed by atoms with Crippen LogP contribution in [0.1, 0.15) is 31.5 Å². The molecule has 94 valence electrons. The van der Waals surface area contributed by atoms with Crippen LogP contribution in [0.3, 0.4) is 0 Å². The van der Waals surface area contributed by atoms with Crippen molar-refractivity contribution >= 4 is 5.82 Å². The molecule has 1 aromatic heterocycles. The van der Waals surface area contributed by atoms with Crippen LogP contribution < -0.4 is 10.2 Å². The number of hydrogen-bond donors (Lipinski definition) is 1. The number of anilines is 1. The molecule has 0 radical (unpaired) electrons. The predicted molar refractivity (Wildman–Crippen MR) is 70.3 cm³/mol. The summed E-state index contributed by atoms with van der Waals surface area (Å²) in [5.41, 5.74) is 0. The van der Waals surface area contributed by atoms with E-state index in [-0.39, 0.29) is 0 Å². The summed E-state index contributed by atoms with van der Waals surface area (Å²) in [6, 6.07) is 2.04. The molecule has 0 aromatic carbocycles. The quantitative estimate of drug-likeness (QED) is 0.859. The van der Waals surface area contributed by atoms with Crippen LogP contribution in [0.2, 0.25) is 0 Å². The van der Waals surface area contributed by atoms with E-state index in [9.17, 15) is 0 Å². The van der Waals surface area contributed by atoms with Crippen molar-refractivity contribution in [3.05, 3.63) is 18.1 Å². The van der Waals surface area contributed by atoms with E-state index < -0.39 is 0 Å². The van der Waals surface area contributed by atoms with Gasteiger partial charge in [0.15, 0.2) is 0 Å². The van der Waals surface area contributed by atoms with Crippen molar-refractivity contribution in [3.8, 4) is 0 Å². The maximum Gasteiger partial charge on any atom is 0.132 e. The first-order valence-corrected chi connectivity index (χ1v) is 6.61. The molecule has 0 bridgehead atoms. The van der Waals surface area contributed by atoms with Crippen LogP contribution in [-0.2, 0) is 6.42 Å². The van der Waals surface area contributed by atoms with Crippen molar-refractivity contribution in [2.75, 3.05) is 31.6 Å². The molecule has 4 heteroatoms. The van der Waals surface area contributed by atoms with Gasteiger partial charge in [-0.3, -0.25) is 0 Å². The molecule has 1 aliphatic rings. The highest BCUT2D eigenvalue weighted by atomic mass is 15.2. The molecule has 0 spiro atoms. The Morgan fingerprint density at radius 1 is 1.24 bits per heavy atom. The summed E-state index contributed by atoms with van der Waals surface area (Å²) < 4.78 is 0. The third-order valence-electron chi connectivity index (χ3n) is 3.22. The van der Waals surface area contributed by atoms with Crippen LogP contribution in [0.4, 0.5) is 5.82 Å². The number of aromatic nitrogens is 2. The van der Waals surface area contributed by atoms with Gasteiger partial charge in [-0.1, -0.05) is 12.8 Å². The van der Waals surface area contributed by atoms with E-state index in [0.717, 1.165) is 37.7 Å². The average molecular weight is 234 g/mol. The molecule has 2 heterocycles. The van der Waals surface area contributed by atoms with Crippen molar-refractivity contribution in [3.63, 3.8) is 0 Å². The lowest BCUT2D eigenvalue weighted by Gasteiger charge is -2.21. The third-order valence-corrected chi connectivity index (χ3v) is 3.22. The second-order valence-electron chi connectivity index (χ2n) is 4.59. The van der Waals surface area contributed by atoms with Gasteiger partial charge in [0.25, 0.3) is 0 Å². The highest BCUT2D eigenvalue weighted by Crippen LogP contribution is 2.16. The van der Waals surface area contributed by atoms with Crippen molar-refractivity contribution < 1.29 is 0 Å². The van der Waals surface area contributed by atoms with Crippen molar-refractivity contribution in [1.82, 2.24) is 15.3 Å². The zero-order chi connectivity index (χ0) is 11.9. The summed E-state index contributed by atoms with van der Waals surface area (Å²) in [6.07, 6.45) is 8.07. The molecule has 1 N–H and O–H groups in total. The van der Waals surface area contributed by atoms with Gasteiger partial charge >= 0.3 is 0 Å². The number of nitrogens with zero attached hydrogens (tertiary/aromatic N) is 3. The first-order chi connectivity index (χ1) is 8.40. The molecule has 2 rings (SSSR count). The Morgan fingerprint density at radius 3 is 2.71 bits per heavy atom. The fraction of sp³-hybridized carbons (Fsp3) is 0.692. The van der Waals surface area contributed by atoms with Crippen LogP contribution in [0.15, 0.2) is 12.3 Å². The van der Waals surface area contributed by atoms with E-state index in [4.69, 9.17) is 0 Å². The Hall–Kier alpha value is -1.16. The van der Waals surface area contributed by atoms with E-state index in [0.29, 0.717) is 0 Å². The van der Waals surface area contributed by atoms with Gasteiger partial charge in [0.2, 0.25) is 0 Å². The van der Waals surface area contributed by atoms with Gasteiger partial charge in [-0.05, 0) is 26.0 Å². The molecule has 1 fully saturated rings. The fourth-order valence-electron chi connectivity index (χ4n) is 2.22. The summed E-state index contributed by atoms with van der Waals surface area (Å²) in [6.45, 7) is 3.22. The maximum atomic E-state index is 4.65. The highest BCUT2D eigenvalue weighted by Gasteiger charge is 2.11. The molecule has 17 heavy (non-hydrogen) atoms. The maximum absolute atomic E-state index is 4.65. The monoisotopic (exact) mass is 234 g/mol. The van der Waals surface area contributed by atoms with Crippen LogP contribution in [-0.4, -0.2) is 36.6 Å². The fourth-order valence-corrected chi connectivity index (χ4v) is 2.22. The molecular weight excluding hydrogens is 212 g/mol. The molecule has 4 nitrogen and oxygen atoms in total. The number of nitrogens with one attached hydrogen (secondary N) is 1. The standard InChI is InChI=1S/C13H22N4/c1-14-8-6-12-15-9-7-13(16-12)17-10-4-2-3-5-11-17/h7,9,14H,2-6,8,10-11H2,1H3. The number of hydrogen-bond acceptors (Lipinski definition) is 4. The second kappa shape index (κ2) is 6.55. The summed E-state index contributed by atoms with van der Waals surface area (Å²) in [7, 11) is 1.96. The minimum atomic E-state index is 0.901. The SMILES string of the molecule is CNCCc1nccc(N2CCCCCC2)n1. The topological polar surface area (TPSA) is 41.1 Å². The van der Waals surface area contributed by atoms with Crippen LogP contribution in [0.25, 0.3) is 0 Å². The van der Waals surface area contributed by atoms with Gasteiger partial charge in [0.05, 0.1) is 0 Å². The molecular formula is C13H22N4. The van der Waals surface area contributed by atoms with Gasteiger partial charge in [0, 0.05) is 32.3 Å². The second-order valence-corrected chi connectivity index (χ2v) is 4.59. The van der Waals surface area contributed by atoms with Gasteiger partial charge in [-0.2, -0.15) is 0 Å². The average Bonchev–Trinajstić information content (AvgIpc) is 2.65. The largest absolute Gasteiger partial charge is 0.357 e. The van der Waals surface area contributed by atoms with Gasteiger partial charge < -0.3 is 10.2 Å². The molecule has 1 saturated heterocycles. The van der Waals surface area contributed by atoms with Crippen molar-refractivity contribution in [1.29, 1.82) is 0 Å². The summed E-state index contributed by atoms with van der Waals surface area (Å²) in [5.74, 6) is 2.05. The van der Waals surface area contributed by atoms with Gasteiger partial charge in [0.1, 0.15) is 11.6 Å². The minimum Gasteiger partial charge on any atom is -0.357 e. The zero-order valence-corrected chi connectivity index (χ0v) is 10.7. The van der Waals surface area contributed by atoms with E-state index in [2.05, 4.69) is 20.2 Å². The van der Waals surface area contributed by atoms with E-state index in [1.54, 1.807) is 0 Å². The van der Waals surface area contributed by atoms with E-state index in [1.165, 1.54) is 25.7 Å². The lowest BCUT2D eigenvalue weighted by atomic mass is 10.2. The summed E-state index contributed by atoms with van der Waals surface area (Å²) in [4.78, 5) is 11.4. The Morgan fingerprint density at radius 2 is 2.00 bits per heavy atom. The lowest BCUT2D eigenvalue weighted by molar-refractivity contribution is 0.726. The Bertz CT molecular complexity index is 332. The normalized spacial score (nSPS) is 16.9. The zero-order valence-electron chi connectivity index (χ0n) is 10.7. The highest BCUT2D eigenvalue weighted by molar-refractivity contribution is 5.37. The number of rotatable bonds is 4. The Kier molecular flexibility index (Phi) is 4.74. The van der Waals surface area contributed by atoms with Crippen molar-refractivity contribution in [2.45, 2.75) is 32.1 Å². The van der Waals surface area contributed by atoms with E-state index >= 15 is 0 Å². The molecule has 0 atom stereocenters. The Labute approximate surface area is 103 Å². The molecule has 1 aliphatic heterocycles. The molecule has 0 unspecified atom stereocenters. The van der Waals surface area contributed by atoms with Crippen molar-refractivity contribution in [2.24, 2.45) is 0 Å². The first-order valence-electron chi connectivity index (χ1n) is 6.61. The first kappa shape index (κ1) is 12.3. The van der Waals surface area contributed by atoms with E-state index in [1.807, 2.05) is 19.3 Å². The molecule has 0 aliphatic carbocycles. The molecule has 1 aromatic rings. The lowest BCUT2D eigenvalue weighted by Crippen LogP contribution is -2.25. The number of likely N-dealkylation sites (N-methyl/N-ethyl adjacent to an activating group) is 1. The summed E-state index contributed by atoms with van der Waals surface area (Å²) >= 11 is 0. The van der Waals surface area contributed by atoms with Crippen LogP contribution >= 0.6 is 0 Å². The van der Waals surface area contributed by atoms with Gasteiger partial charge in [-0.25, -0.2) is 9.97 Å². The minimum absolute atomic E-state index is 0.901. The molecule has 0 amide bonds. The summed E-state index contributed by atoms with van der Waals surface area (Å²) in [5, 5.41) is 3.13. The third kappa shape index (κ3) is 3.66.